The van der Waals surface area contributed by atoms with Crippen LogP contribution in [-0.4, -0.2) is 35.1 Å². The van der Waals surface area contributed by atoms with E-state index >= 15 is 0 Å². The first-order valence-electron chi connectivity index (χ1n) is 6.47. The lowest BCUT2D eigenvalue weighted by Gasteiger charge is -2.26. The van der Waals surface area contributed by atoms with Crippen molar-refractivity contribution in [2.45, 2.75) is 32.7 Å². The lowest BCUT2D eigenvalue weighted by atomic mass is 10.1. The monoisotopic (exact) mass is 282 g/mol. The summed E-state index contributed by atoms with van der Waals surface area (Å²) in [5.41, 5.74) is -0.209. The molecule has 1 aromatic carbocycles. The van der Waals surface area contributed by atoms with Crippen LogP contribution in [-0.2, 0) is 0 Å². The summed E-state index contributed by atoms with van der Waals surface area (Å²) in [4.78, 5) is 24.3. The van der Waals surface area contributed by atoms with E-state index < -0.39 is 17.8 Å². The van der Waals surface area contributed by atoms with Crippen molar-refractivity contribution in [1.29, 1.82) is 0 Å². The number of urea groups is 1. The molecule has 1 aromatic rings. The minimum Gasteiger partial charge on any atom is -0.478 e. The van der Waals surface area contributed by atoms with E-state index in [2.05, 4.69) is 5.32 Å². The molecule has 0 unspecified atom stereocenters. The lowest BCUT2D eigenvalue weighted by Crippen LogP contribution is -2.39. The molecule has 0 aliphatic carbocycles. The molecule has 0 radical (unpaired) electrons. The smallest absolute Gasteiger partial charge is 0.335 e. The number of hydrogen-bond acceptors (Lipinski definition) is 2. The maximum absolute atomic E-state index is 13.6. The number of hydrogen-bond donors (Lipinski definition) is 2. The van der Waals surface area contributed by atoms with E-state index in [4.69, 9.17) is 5.11 Å². The molecule has 110 valence electrons. The topological polar surface area (TPSA) is 69.6 Å². The first-order chi connectivity index (χ1) is 9.40. The molecule has 0 saturated heterocycles. The first-order valence-corrected chi connectivity index (χ1v) is 6.47. The van der Waals surface area contributed by atoms with Crippen molar-refractivity contribution < 1.29 is 19.1 Å². The second kappa shape index (κ2) is 6.88. The highest BCUT2D eigenvalue weighted by Crippen LogP contribution is 2.17. The fourth-order valence-electron chi connectivity index (χ4n) is 1.96. The van der Waals surface area contributed by atoms with Crippen LogP contribution < -0.4 is 5.32 Å². The second-order valence-corrected chi connectivity index (χ2v) is 4.51. The van der Waals surface area contributed by atoms with Crippen LogP contribution in [0.3, 0.4) is 0 Å². The van der Waals surface area contributed by atoms with E-state index in [0.717, 1.165) is 31.0 Å². The van der Waals surface area contributed by atoms with Gasteiger partial charge in [0.25, 0.3) is 0 Å². The summed E-state index contributed by atoms with van der Waals surface area (Å²) in [6.45, 7) is 3.92. The Morgan fingerprint density at radius 1 is 1.35 bits per heavy atom. The van der Waals surface area contributed by atoms with Crippen molar-refractivity contribution in [1.82, 2.24) is 4.90 Å². The van der Waals surface area contributed by atoms with Crippen LogP contribution in [0.15, 0.2) is 18.2 Å². The standard InChI is InChI=1S/C14H19FN2O3/c1-4-10(5-2)17(3)14(20)16-12-8-9(13(18)19)6-7-11(12)15/h6-8,10H,4-5H2,1-3H3,(H,16,20)(H,18,19). The largest absolute Gasteiger partial charge is 0.478 e. The molecule has 0 spiro atoms. The van der Waals surface area contributed by atoms with Crippen LogP contribution in [0.25, 0.3) is 0 Å². The molecule has 0 heterocycles. The van der Waals surface area contributed by atoms with Gasteiger partial charge in [-0.05, 0) is 31.0 Å². The Hall–Kier alpha value is -2.11. The number of halogens is 1. The van der Waals surface area contributed by atoms with Gasteiger partial charge in [0.1, 0.15) is 5.82 Å². The molecule has 0 fully saturated rings. The fourth-order valence-corrected chi connectivity index (χ4v) is 1.96. The van der Waals surface area contributed by atoms with Crippen LogP contribution >= 0.6 is 0 Å². The molecule has 0 atom stereocenters. The van der Waals surface area contributed by atoms with Crippen molar-refractivity contribution >= 4 is 17.7 Å². The summed E-state index contributed by atoms with van der Waals surface area (Å²) in [5.74, 6) is -1.84. The summed E-state index contributed by atoms with van der Waals surface area (Å²) in [5, 5.41) is 11.3. The molecule has 20 heavy (non-hydrogen) atoms. The number of nitrogens with zero attached hydrogens (tertiary/aromatic N) is 1. The normalized spacial score (nSPS) is 10.4. The van der Waals surface area contributed by atoms with Gasteiger partial charge in [0, 0.05) is 13.1 Å². The van der Waals surface area contributed by atoms with Gasteiger partial charge in [0.05, 0.1) is 11.3 Å². The highest BCUT2D eigenvalue weighted by atomic mass is 19.1. The van der Waals surface area contributed by atoms with Gasteiger partial charge in [-0.1, -0.05) is 13.8 Å². The number of rotatable bonds is 5. The zero-order valence-corrected chi connectivity index (χ0v) is 11.8. The molecule has 2 N–H and O–H groups in total. The van der Waals surface area contributed by atoms with E-state index in [1.54, 1.807) is 7.05 Å². The van der Waals surface area contributed by atoms with Crippen molar-refractivity contribution in [2.75, 3.05) is 12.4 Å². The van der Waals surface area contributed by atoms with E-state index in [1.807, 2.05) is 13.8 Å². The van der Waals surface area contributed by atoms with E-state index in [-0.39, 0.29) is 17.3 Å². The van der Waals surface area contributed by atoms with Gasteiger partial charge in [0.2, 0.25) is 0 Å². The van der Waals surface area contributed by atoms with Crippen molar-refractivity contribution in [3.05, 3.63) is 29.6 Å². The molecule has 1 rings (SSSR count). The Bertz CT molecular complexity index is 501. The molecule has 0 bridgehead atoms. The third kappa shape index (κ3) is 3.69. The molecule has 0 aromatic heterocycles. The van der Waals surface area contributed by atoms with E-state index in [1.165, 1.54) is 4.90 Å². The predicted octanol–water partition coefficient (Wildman–Crippen LogP) is 3.18. The number of nitrogens with one attached hydrogen (secondary N) is 1. The Labute approximate surface area is 117 Å². The third-order valence-corrected chi connectivity index (χ3v) is 3.27. The Morgan fingerprint density at radius 2 is 1.95 bits per heavy atom. The van der Waals surface area contributed by atoms with Gasteiger partial charge < -0.3 is 15.3 Å². The predicted molar refractivity (Wildman–Crippen MR) is 74.5 cm³/mol. The quantitative estimate of drug-likeness (QED) is 0.871. The first kappa shape index (κ1) is 15.9. The number of carbonyl (C=O) groups is 2. The Balaban J connectivity index is 2.90. The average Bonchev–Trinajstić information content (AvgIpc) is 2.42. The molecular formula is C14H19FN2O3. The van der Waals surface area contributed by atoms with Crippen molar-refractivity contribution in [2.24, 2.45) is 0 Å². The summed E-state index contributed by atoms with van der Waals surface area (Å²) in [7, 11) is 1.63. The van der Waals surface area contributed by atoms with Gasteiger partial charge in [0.15, 0.2) is 0 Å². The lowest BCUT2D eigenvalue weighted by molar-refractivity contribution is 0.0697. The van der Waals surface area contributed by atoms with Gasteiger partial charge in [-0.3, -0.25) is 0 Å². The zero-order valence-electron chi connectivity index (χ0n) is 11.8. The van der Waals surface area contributed by atoms with Crippen LogP contribution in [0, 0.1) is 5.82 Å². The second-order valence-electron chi connectivity index (χ2n) is 4.51. The number of anilines is 1. The molecule has 0 aliphatic rings. The van der Waals surface area contributed by atoms with Crippen LogP contribution in [0.4, 0.5) is 14.9 Å². The summed E-state index contributed by atoms with van der Waals surface area (Å²) < 4.78 is 13.6. The van der Waals surface area contributed by atoms with Gasteiger partial charge in [-0.15, -0.1) is 0 Å². The Kier molecular flexibility index (Phi) is 5.49. The molecule has 0 saturated carbocycles. The average molecular weight is 282 g/mol. The molecule has 5 nitrogen and oxygen atoms in total. The fraction of sp³-hybridized carbons (Fsp3) is 0.429. The SMILES string of the molecule is CCC(CC)N(C)C(=O)Nc1cc(C(=O)O)ccc1F. The molecule has 2 amide bonds. The zero-order chi connectivity index (χ0) is 15.3. The summed E-state index contributed by atoms with van der Waals surface area (Å²) in [6.07, 6.45) is 1.58. The number of benzene rings is 1. The maximum Gasteiger partial charge on any atom is 0.335 e. The molecule has 6 heteroatoms. The van der Waals surface area contributed by atoms with Crippen LogP contribution in [0.1, 0.15) is 37.0 Å². The number of carboxylic acids is 1. The molecular weight excluding hydrogens is 263 g/mol. The summed E-state index contributed by atoms with van der Waals surface area (Å²) in [6, 6.07) is 2.88. The number of amides is 2. The van der Waals surface area contributed by atoms with Gasteiger partial charge in [-0.25, -0.2) is 14.0 Å². The maximum atomic E-state index is 13.6. The van der Waals surface area contributed by atoms with E-state index in [0.29, 0.717) is 0 Å². The number of carboxylic acid groups (broad SMARTS) is 1. The Morgan fingerprint density at radius 3 is 2.45 bits per heavy atom. The minimum absolute atomic E-state index is 0.0562. The van der Waals surface area contributed by atoms with Crippen LogP contribution in [0.2, 0.25) is 0 Å². The highest BCUT2D eigenvalue weighted by Gasteiger charge is 2.18. The summed E-state index contributed by atoms with van der Waals surface area (Å²) >= 11 is 0. The highest BCUT2D eigenvalue weighted by molar-refractivity contribution is 5.93. The van der Waals surface area contributed by atoms with Gasteiger partial charge in [-0.2, -0.15) is 0 Å². The van der Waals surface area contributed by atoms with Crippen molar-refractivity contribution in [3.8, 4) is 0 Å². The third-order valence-electron chi connectivity index (χ3n) is 3.27. The van der Waals surface area contributed by atoms with Crippen LogP contribution in [0.5, 0.6) is 0 Å². The minimum atomic E-state index is -1.17. The van der Waals surface area contributed by atoms with E-state index in [9.17, 15) is 14.0 Å². The molecule has 0 aliphatic heterocycles. The van der Waals surface area contributed by atoms with Crippen molar-refractivity contribution in [3.63, 3.8) is 0 Å². The number of aromatic carboxylic acids is 1. The van der Waals surface area contributed by atoms with Gasteiger partial charge >= 0.3 is 12.0 Å². The number of carbonyl (C=O) groups excluding carboxylic acids is 1.